The zero-order valence-electron chi connectivity index (χ0n) is 17.1. The van der Waals surface area contributed by atoms with Crippen LogP contribution < -0.4 is 4.74 Å². The van der Waals surface area contributed by atoms with Crippen molar-refractivity contribution in [2.45, 2.75) is 31.2 Å². The molecule has 7 nitrogen and oxygen atoms in total. The van der Waals surface area contributed by atoms with Gasteiger partial charge >= 0.3 is 0 Å². The lowest BCUT2D eigenvalue weighted by Gasteiger charge is -2.35. The van der Waals surface area contributed by atoms with E-state index in [1.165, 1.54) is 11.8 Å². The van der Waals surface area contributed by atoms with Crippen molar-refractivity contribution in [3.63, 3.8) is 0 Å². The summed E-state index contributed by atoms with van der Waals surface area (Å²) in [5.74, 6) is 1.82. The largest absolute Gasteiger partial charge is 0.495 e. The minimum absolute atomic E-state index is 0.0466. The van der Waals surface area contributed by atoms with Gasteiger partial charge in [0.1, 0.15) is 5.75 Å². The van der Waals surface area contributed by atoms with Gasteiger partial charge in [0.2, 0.25) is 5.91 Å². The van der Waals surface area contributed by atoms with Crippen LogP contribution >= 0.6 is 23.1 Å². The number of rotatable bonds is 6. The van der Waals surface area contributed by atoms with Crippen molar-refractivity contribution >= 4 is 29.0 Å². The van der Waals surface area contributed by atoms with Crippen LogP contribution in [-0.2, 0) is 9.53 Å². The fraction of sp³-hybridized carbons (Fsp3) is 0.381. The van der Waals surface area contributed by atoms with E-state index in [1.54, 1.807) is 18.4 Å². The van der Waals surface area contributed by atoms with Gasteiger partial charge in [0, 0.05) is 13.1 Å². The summed E-state index contributed by atoms with van der Waals surface area (Å²) in [4.78, 5) is 15.7. The Morgan fingerprint density at radius 1 is 1.20 bits per heavy atom. The second-order valence-electron chi connectivity index (χ2n) is 7.14. The van der Waals surface area contributed by atoms with E-state index in [9.17, 15) is 4.79 Å². The molecule has 1 saturated heterocycles. The van der Waals surface area contributed by atoms with Crippen LogP contribution in [0.4, 0.5) is 0 Å². The van der Waals surface area contributed by atoms with E-state index in [-0.39, 0.29) is 23.9 Å². The van der Waals surface area contributed by atoms with Gasteiger partial charge in [0.15, 0.2) is 11.0 Å². The lowest BCUT2D eigenvalue weighted by Crippen LogP contribution is -2.48. The molecule has 0 saturated carbocycles. The number of ether oxygens (including phenoxy) is 2. The third kappa shape index (κ3) is 4.38. The highest BCUT2D eigenvalue weighted by atomic mass is 32.2. The second-order valence-corrected chi connectivity index (χ2v) is 9.03. The highest BCUT2D eigenvalue weighted by Gasteiger charge is 2.27. The minimum atomic E-state index is 0.0466. The first-order chi connectivity index (χ1) is 14.6. The third-order valence-electron chi connectivity index (χ3n) is 4.80. The molecule has 1 amide bonds. The van der Waals surface area contributed by atoms with E-state index in [0.29, 0.717) is 18.2 Å². The topological polar surface area (TPSA) is 69.5 Å². The summed E-state index contributed by atoms with van der Waals surface area (Å²) in [7, 11) is 1.64. The van der Waals surface area contributed by atoms with E-state index in [1.807, 2.05) is 65.1 Å². The second kappa shape index (κ2) is 9.20. The molecular formula is C21H24N4O3S2. The predicted octanol–water partition coefficient (Wildman–Crippen LogP) is 3.73. The Morgan fingerprint density at radius 2 is 1.97 bits per heavy atom. The van der Waals surface area contributed by atoms with Gasteiger partial charge < -0.3 is 14.4 Å². The molecule has 0 N–H and O–H groups in total. The maximum absolute atomic E-state index is 12.8. The number of thioether (sulfide) groups is 1. The summed E-state index contributed by atoms with van der Waals surface area (Å²) in [6.07, 6.45) is 0.0933. The van der Waals surface area contributed by atoms with Crippen LogP contribution in [-0.4, -0.2) is 63.7 Å². The Balaban J connectivity index is 1.61. The number of hydrogen-bond acceptors (Lipinski definition) is 7. The van der Waals surface area contributed by atoms with Gasteiger partial charge in [0.25, 0.3) is 0 Å². The maximum atomic E-state index is 12.8. The minimum Gasteiger partial charge on any atom is -0.495 e. The summed E-state index contributed by atoms with van der Waals surface area (Å²) in [5.41, 5.74) is 0.844. The number of carbonyl (C=O) groups is 1. The standard InChI is InChI=1S/C21H24N4O3S2/c1-14-11-24(12-15(2)28-14)19(26)13-30-21-23-22-20(18-9-6-10-29-18)25(21)16-7-4-5-8-17(16)27-3/h4-10,14-15H,11-13H2,1-3H3. The number of para-hydroxylation sites is 2. The highest BCUT2D eigenvalue weighted by molar-refractivity contribution is 7.99. The van der Waals surface area contributed by atoms with Crippen LogP contribution in [0.15, 0.2) is 46.9 Å². The van der Waals surface area contributed by atoms with Crippen LogP contribution in [0.5, 0.6) is 5.75 Å². The summed E-state index contributed by atoms with van der Waals surface area (Å²) >= 11 is 2.99. The van der Waals surface area contributed by atoms with Gasteiger partial charge in [-0.3, -0.25) is 9.36 Å². The van der Waals surface area contributed by atoms with Gasteiger partial charge in [-0.15, -0.1) is 21.5 Å². The first-order valence-electron chi connectivity index (χ1n) is 9.75. The van der Waals surface area contributed by atoms with Gasteiger partial charge in [-0.05, 0) is 37.4 Å². The average Bonchev–Trinajstić information content (AvgIpc) is 3.40. The summed E-state index contributed by atoms with van der Waals surface area (Å²) in [6, 6.07) is 11.7. The zero-order chi connectivity index (χ0) is 21.1. The number of thiophene rings is 1. The normalized spacial score (nSPS) is 19.1. The van der Waals surface area contributed by atoms with Gasteiger partial charge in [-0.25, -0.2) is 0 Å². The molecule has 1 aliphatic heterocycles. The molecule has 2 unspecified atom stereocenters. The molecule has 0 spiro atoms. The van der Waals surface area contributed by atoms with Crippen LogP contribution in [0.1, 0.15) is 13.8 Å². The molecule has 1 aromatic carbocycles. The number of morpholine rings is 1. The zero-order valence-corrected chi connectivity index (χ0v) is 18.8. The number of methoxy groups -OCH3 is 1. The molecule has 1 aliphatic rings. The lowest BCUT2D eigenvalue weighted by molar-refractivity contribution is -0.140. The molecule has 3 heterocycles. The van der Waals surface area contributed by atoms with E-state index in [2.05, 4.69) is 10.2 Å². The van der Waals surface area contributed by atoms with Crippen molar-refractivity contribution in [3.8, 4) is 22.1 Å². The molecule has 30 heavy (non-hydrogen) atoms. The van der Waals surface area contributed by atoms with Crippen molar-refractivity contribution in [1.82, 2.24) is 19.7 Å². The van der Waals surface area contributed by atoms with Crippen LogP contribution in [0, 0.1) is 0 Å². The molecule has 0 radical (unpaired) electrons. The van der Waals surface area contributed by atoms with E-state index in [0.717, 1.165) is 22.1 Å². The number of nitrogens with zero attached hydrogens (tertiary/aromatic N) is 4. The Labute approximate surface area is 184 Å². The monoisotopic (exact) mass is 444 g/mol. The number of aromatic nitrogens is 3. The number of hydrogen-bond donors (Lipinski definition) is 0. The predicted molar refractivity (Wildman–Crippen MR) is 119 cm³/mol. The van der Waals surface area contributed by atoms with Crippen molar-refractivity contribution in [1.29, 1.82) is 0 Å². The molecule has 0 bridgehead atoms. The van der Waals surface area contributed by atoms with Crippen molar-refractivity contribution in [2.24, 2.45) is 0 Å². The first kappa shape index (κ1) is 20.9. The smallest absolute Gasteiger partial charge is 0.233 e. The lowest BCUT2D eigenvalue weighted by atomic mass is 10.2. The average molecular weight is 445 g/mol. The molecular weight excluding hydrogens is 420 g/mol. The van der Waals surface area contributed by atoms with Crippen molar-refractivity contribution < 1.29 is 14.3 Å². The van der Waals surface area contributed by atoms with Crippen LogP contribution in [0.3, 0.4) is 0 Å². The molecule has 0 aliphatic carbocycles. The summed E-state index contributed by atoms with van der Waals surface area (Å²) < 4.78 is 13.3. The number of amides is 1. The Bertz CT molecular complexity index is 996. The van der Waals surface area contributed by atoms with Gasteiger partial charge in [-0.2, -0.15) is 0 Å². The Kier molecular flexibility index (Phi) is 6.40. The maximum Gasteiger partial charge on any atom is 0.233 e. The van der Waals surface area contributed by atoms with Crippen molar-refractivity contribution in [2.75, 3.05) is 26.0 Å². The molecule has 2 aromatic heterocycles. The van der Waals surface area contributed by atoms with Gasteiger partial charge in [0.05, 0.1) is 35.6 Å². The van der Waals surface area contributed by atoms with Crippen LogP contribution in [0.25, 0.3) is 16.4 Å². The first-order valence-corrected chi connectivity index (χ1v) is 11.6. The number of benzene rings is 1. The summed E-state index contributed by atoms with van der Waals surface area (Å²) in [6.45, 7) is 5.22. The molecule has 9 heteroatoms. The third-order valence-corrected chi connectivity index (χ3v) is 6.58. The SMILES string of the molecule is COc1ccccc1-n1c(SCC(=O)N2CC(C)OC(C)C2)nnc1-c1cccs1. The van der Waals surface area contributed by atoms with Crippen molar-refractivity contribution in [3.05, 3.63) is 41.8 Å². The number of carbonyl (C=O) groups excluding carboxylic acids is 1. The highest BCUT2D eigenvalue weighted by Crippen LogP contribution is 2.34. The quantitative estimate of drug-likeness (QED) is 0.540. The summed E-state index contributed by atoms with van der Waals surface area (Å²) in [5, 5.41) is 11.5. The van der Waals surface area contributed by atoms with E-state index < -0.39 is 0 Å². The van der Waals surface area contributed by atoms with E-state index in [4.69, 9.17) is 9.47 Å². The van der Waals surface area contributed by atoms with Crippen LogP contribution in [0.2, 0.25) is 0 Å². The fourth-order valence-corrected chi connectivity index (χ4v) is 5.11. The molecule has 158 valence electrons. The molecule has 3 aromatic rings. The Hall–Kier alpha value is -2.36. The molecule has 4 rings (SSSR count). The Morgan fingerprint density at radius 3 is 2.67 bits per heavy atom. The van der Waals surface area contributed by atoms with E-state index >= 15 is 0 Å². The fourth-order valence-electron chi connectivity index (χ4n) is 3.56. The van der Waals surface area contributed by atoms with Gasteiger partial charge in [-0.1, -0.05) is 30.0 Å². The molecule has 1 fully saturated rings. The molecule has 2 atom stereocenters.